The van der Waals surface area contributed by atoms with Crippen LogP contribution in [0, 0.1) is 0 Å². The monoisotopic (exact) mass is 494 g/mol. The van der Waals surface area contributed by atoms with Crippen molar-refractivity contribution in [3.63, 3.8) is 0 Å². The smallest absolute Gasteiger partial charge is 0.238 e. The molecule has 3 aromatic rings. The van der Waals surface area contributed by atoms with Gasteiger partial charge in [-0.1, -0.05) is 0 Å². The molecule has 1 aromatic heterocycles. The molecule has 1 fully saturated rings. The number of hydrogen-bond donors (Lipinski definition) is 8. The fourth-order valence-electron chi connectivity index (χ4n) is 3.71. The number of methoxy groups -OCH3 is 1. The van der Waals surface area contributed by atoms with Crippen molar-refractivity contribution in [1.29, 1.82) is 0 Å². The van der Waals surface area contributed by atoms with E-state index in [-0.39, 0.29) is 28.0 Å². The molecule has 13 heteroatoms. The van der Waals surface area contributed by atoms with Gasteiger partial charge in [-0.2, -0.15) is 0 Å². The number of rotatable bonds is 5. The Bertz CT molecular complexity index is 1290. The van der Waals surface area contributed by atoms with Crippen molar-refractivity contribution in [1.82, 2.24) is 0 Å². The minimum atomic E-state index is -1.71. The van der Waals surface area contributed by atoms with E-state index in [2.05, 4.69) is 0 Å². The average molecular weight is 494 g/mol. The predicted molar refractivity (Wildman–Crippen MR) is 116 cm³/mol. The summed E-state index contributed by atoms with van der Waals surface area (Å²) in [6.45, 7) is -0.671. The lowest BCUT2D eigenvalue weighted by Crippen LogP contribution is -2.60. The summed E-state index contributed by atoms with van der Waals surface area (Å²) in [5.41, 5.74) is -1.26. The Balaban J connectivity index is 1.82. The zero-order chi connectivity index (χ0) is 25.6. The summed E-state index contributed by atoms with van der Waals surface area (Å²) in [6, 6.07) is 4.30. The van der Waals surface area contributed by atoms with Crippen molar-refractivity contribution in [3.05, 3.63) is 34.5 Å². The SMILES string of the molecule is COc1cc(OC2OC(CO)C(O)C(O)C2O)cc2oc(-c3cc(O)c(O)c(O)c3)c(O)c(=O)c12. The first-order chi connectivity index (χ1) is 16.6. The topological polar surface area (TPSA) is 220 Å². The van der Waals surface area contributed by atoms with Crippen LogP contribution in [0.4, 0.5) is 0 Å². The molecule has 1 aliphatic heterocycles. The van der Waals surface area contributed by atoms with E-state index in [1.54, 1.807) is 0 Å². The van der Waals surface area contributed by atoms with Crippen LogP contribution in [-0.4, -0.2) is 85.3 Å². The molecule has 0 bridgehead atoms. The van der Waals surface area contributed by atoms with Crippen LogP contribution in [0.15, 0.2) is 33.5 Å². The molecule has 1 saturated heterocycles. The van der Waals surface area contributed by atoms with E-state index < -0.39 is 71.5 Å². The van der Waals surface area contributed by atoms with Crippen LogP contribution >= 0.6 is 0 Å². The standard InChI is InChI=1S/C22H22O13/c1-32-11-4-8(33-22-20(31)18(29)16(27)13(6-23)35-22)5-12-14(11)17(28)19(30)21(34-12)7-2-9(24)15(26)10(25)3-7/h2-5,13,16,18,20,22-27,29-31H,6H2,1H3. The molecule has 5 atom stereocenters. The van der Waals surface area contributed by atoms with Crippen molar-refractivity contribution in [3.8, 4) is 45.8 Å². The van der Waals surface area contributed by atoms with Crippen molar-refractivity contribution >= 4 is 11.0 Å². The first-order valence-corrected chi connectivity index (χ1v) is 10.2. The molecule has 5 unspecified atom stereocenters. The number of aromatic hydroxyl groups is 4. The van der Waals surface area contributed by atoms with Crippen LogP contribution in [0.5, 0.6) is 34.5 Å². The van der Waals surface area contributed by atoms with Gasteiger partial charge in [-0.3, -0.25) is 4.79 Å². The fourth-order valence-corrected chi connectivity index (χ4v) is 3.71. The summed E-state index contributed by atoms with van der Waals surface area (Å²) in [5, 5.41) is 78.8. The first kappa shape index (κ1) is 24.4. The molecule has 8 N–H and O–H groups in total. The van der Waals surface area contributed by atoms with Gasteiger partial charge in [0.05, 0.1) is 13.7 Å². The van der Waals surface area contributed by atoms with Gasteiger partial charge >= 0.3 is 0 Å². The van der Waals surface area contributed by atoms with Crippen LogP contribution in [0.2, 0.25) is 0 Å². The van der Waals surface area contributed by atoms with Gasteiger partial charge in [0, 0.05) is 17.7 Å². The molecule has 188 valence electrons. The molecular weight excluding hydrogens is 472 g/mol. The lowest BCUT2D eigenvalue weighted by Gasteiger charge is -2.39. The normalized spacial score (nSPS) is 24.4. The molecule has 35 heavy (non-hydrogen) atoms. The second kappa shape index (κ2) is 9.13. The molecule has 4 rings (SSSR count). The summed E-state index contributed by atoms with van der Waals surface area (Å²) in [5.74, 6) is -3.81. The maximum absolute atomic E-state index is 12.9. The second-order valence-electron chi connectivity index (χ2n) is 7.79. The van der Waals surface area contributed by atoms with Crippen molar-refractivity contribution < 1.29 is 59.5 Å². The zero-order valence-corrected chi connectivity index (χ0v) is 18.0. The van der Waals surface area contributed by atoms with Gasteiger partial charge in [0.25, 0.3) is 0 Å². The highest BCUT2D eigenvalue weighted by atomic mass is 16.7. The first-order valence-electron chi connectivity index (χ1n) is 10.2. The summed E-state index contributed by atoms with van der Waals surface area (Å²) < 4.78 is 21.7. The maximum atomic E-state index is 12.9. The van der Waals surface area contributed by atoms with Gasteiger partial charge in [0.15, 0.2) is 23.0 Å². The lowest BCUT2D eigenvalue weighted by atomic mass is 9.99. The molecular formula is C22H22O13. The van der Waals surface area contributed by atoms with Crippen LogP contribution in [0.3, 0.4) is 0 Å². The van der Waals surface area contributed by atoms with Crippen LogP contribution in [0.1, 0.15) is 0 Å². The molecule has 0 radical (unpaired) electrons. The average Bonchev–Trinajstić information content (AvgIpc) is 2.84. The Kier molecular flexibility index (Phi) is 6.36. The van der Waals surface area contributed by atoms with Crippen LogP contribution < -0.4 is 14.9 Å². The Morgan fingerprint density at radius 2 is 1.57 bits per heavy atom. The van der Waals surface area contributed by atoms with E-state index in [0.29, 0.717) is 0 Å². The van der Waals surface area contributed by atoms with E-state index in [0.717, 1.165) is 12.1 Å². The number of aliphatic hydroxyl groups excluding tert-OH is 4. The highest BCUT2D eigenvalue weighted by Gasteiger charge is 2.44. The number of hydrogen-bond acceptors (Lipinski definition) is 13. The van der Waals surface area contributed by atoms with E-state index >= 15 is 0 Å². The van der Waals surface area contributed by atoms with Gasteiger partial charge in [0.1, 0.15) is 46.9 Å². The second-order valence-corrected chi connectivity index (χ2v) is 7.79. The number of ether oxygens (including phenoxy) is 3. The predicted octanol–water partition coefficient (Wildman–Crippen LogP) is -0.530. The summed E-state index contributed by atoms with van der Waals surface area (Å²) in [4.78, 5) is 12.9. The van der Waals surface area contributed by atoms with Gasteiger partial charge in [-0.25, -0.2) is 0 Å². The summed E-state index contributed by atoms with van der Waals surface area (Å²) in [7, 11) is 1.23. The molecule has 0 spiro atoms. The Morgan fingerprint density at radius 1 is 0.914 bits per heavy atom. The van der Waals surface area contributed by atoms with Crippen LogP contribution in [-0.2, 0) is 4.74 Å². The van der Waals surface area contributed by atoms with Crippen molar-refractivity contribution in [2.45, 2.75) is 30.7 Å². The third-order valence-corrected chi connectivity index (χ3v) is 5.56. The van der Waals surface area contributed by atoms with E-state index in [9.17, 15) is 45.6 Å². The highest BCUT2D eigenvalue weighted by Crippen LogP contribution is 2.42. The molecule has 0 amide bonds. The zero-order valence-electron chi connectivity index (χ0n) is 18.0. The molecule has 2 aromatic carbocycles. The summed E-state index contributed by atoms with van der Waals surface area (Å²) >= 11 is 0. The molecule has 0 saturated carbocycles. The van der Waals surface area contributed by atoms with Crippen molar-refractivity contribution in [2.75, 3.05) is 13.7 Å². The quantitative estimate of drug-likeness (QED) is 0.209. The van der Waals surface area contributed by atoms with E-state index in [1.165, 1.54) is 19.2 Å². The third kappa shape index (κ3) is 4.15. The Morgan fingerprint density at radius 3 is 2.17 bits per heavy atom. The third-order valence-electron chi connectivity index (χ3n) is 5.56. The number of phenols is 3. The van der Waals surface area contributed by atoms with E-state index in [1.807, 2.05) is 0 Å². The Labute approximate surface area is 195 Å². The van der Waals surface area contributed by atoms with Gasteiger partial charge in [-0.05, 0) is 12.1 Å². The molecule has 0 aliphatic carbocycles. The molecule has 2 heterocycles. The summed E-state index contributed by atoms with van der Waals surface area (Å²) in [6.07, 6.45) is -7.76. The highest BCUT2D eigenvalue weighted by molar-refractivity contribution is 5.88. The minimum absolute atomic E-state index is 0.0881. The molecule has 1 aliphatic rings. The number of aliphatic hydroxyl groups is 4. The van der Waals surface area contributed by atoms with Crippen molar-refractivity contribution in [2.24, 2.45) is 0 Å². The van der Waals surface area contributed by atoms with Crippen LogP contribution in [0.25, 0.3) is 22.3 Å². The number of benzene rings is 2. The van der Waals surface area contributed by atoms with Gasteiger partial charge < -0.3 is 59.5 Å². The number of phenolic OH excluding ortho intramolecular Hbond substituents is 3. The fraction of sp³-hybridized carbons (Fsp3) is 0.318. The lowest BCUT2D eigenvalue weighted by molar-refractivity contribution is -0.277. The van der Waals surface area contributed by atoms with Gasteiger partial charge in [0.2, 0.25) is 17.5 Å². The maximum Gasteiger partial charge on any atom is 0.238 e. The number of fused-ring (bicyclic) bond motifs is 1. The van der Waals surface area contributed by atoms with E-state index in [4.69, 9.17) is 18.6 Å². The minimum Gasteiger partial charge on any atom is -0.504 e. The largest absolute Gasteiger partial charge is 0.504 e. The Hall–Kier alpha value is -3.75. The molecule has 13 nitrogen and oxygen atoms in total. The van der Waals surface area contributed by atoms with Gasteiger partial charge in [-0.15, -0.1) is 0 Å².